The zero-order valence-electron chi connectivity index (χ0n) is 9.50. The van der Waals surface area contributed by atoms with E-state index >= 15 is 0 Å². The highest BCUT2D eigenvalue weighted by Crippen LogP contribution is 2.35. The van der Waals surface area contributed by atoms with E-state index in [1.807, 2.05) is 26.0 Å². The lowest BCUT2D eigenvalue weighted by atomic mass is 9.97. The minimum absolute atomic E-state index is 0.291. The van der Waals surface area contributed by atoms with Crippen LogP contribution in [0.25, 0.3) is 0 Å². The van der Waals surface area contributed by atoms with Crippen LogP contribution in [0, 0.1) is 11.3 Å². The third kappa shape index (κ3) is 2.04. The van der Waals surface area contributed by atoms with Crippen LogP contribution in [0.2, 0.25) is 0 Å². The molecule has 0 saturated heterocycles. The molecule has 3 nitrogen and oxygen atoms in total. The highest BCUT2D eigenvalue weighted by atomic mass is 16.5. The second-order valence-corrected chi connectivity index (χ2v) is 3.53. The van der Waals surface area contributed by atoms with Crippen molar-refractivity contribution in [3.8, 4) is 17.6 Å². The molecule has 0 radical (unpaired) electrons. The van der Waals surface area contributed by atoms with E-state index in [2.05, 4.69) is 6.07 Å². The van der Waals surface area contributed by atoms with Crippen molar-refractivity contribution in [3.05, 3.63) is 23.3 Å². The quantitative estimate of drug-likeness (QED) is 0.761. The molecule has 0 aromatic heterocycles. The summed E-state index contributed by atoms with van der Waals surface area (Å²) in [6.45, 7) is 4.09. The Morgan fingerprint density at radius 2 is 1.87 bits per heavy atom. The molecule has 0 spiro atoms. The third-order valence-corrected chi connectivity index (χ3v) is 2.31. The molecule has 0 aliphatic carbocycles. The summed E-state index contributed by atoms with van der Waals surface area (Å²) in [5, 5.41) is 9.11. The lowest BCUT2D eigenvalue weighted by molar-refractivity contribution is 0.353. The van der Waals surface area contributed by atoms with E-state index in [4.69, 9.17) is 14.7 Å². The van der Waals surface area contributed by atoms with E-state index in [1.165, 1.54) is 0 Å². The molecule has 0 bridgehead atoms. The van der Waals surface area contributed by atoms with Crippen molar-refractivity contribution >= 4 is 0 Å². The second-order valence-electron chi connectivity index (χ2n) is 3.53. The Kier molecular flexibility index (Phi) is 3.56. The van der Waals surface area contributed by atoms with Gasteiger partial charge in [0, 0.05) is 0 Å². The molecule has 0 amide bonds. The van der Waals surface area contributed by atoms with Crippen LogP contribution in [-0.4, -0.2) is 14.2 Å². The van der Waals surface area contributed by atoms with Crippen LogP contribution in [0.15, 0.2) is 12.1 Å². The molecule has 1 rings (SSSR count). The molecule has 0 aliphatic heterocycles. The lowest BCUT2D eigenvalue weighted by Gasteiger charge is -2.14. The van der Waals surface area contributed by atoms with Crippen molar-refractivity contribution in [1.82, 2.24) is 0 Å². The van der Waals surface area contributed by atoms with Crippen molar-refractivity contribution in [1.29, 1.82) is 5.26 Å². The first-order valence-electron chi connectivity index (χ1n) is 4.80. The Labute approximate surface area is 90.2 Å². The topological polar surface area (TPSA) is 42.2 Å². The Morgan fingerprint density at radius 1 is 1.20 bits per heavy atom. The van der Waals surface area contributed by atoms with Gasteiger partial charge < -0.3 is 9.47 Å². The average molecular weight is 205 g/mol. The largest absolute Gasteiger partial charge is 0.493 e. The van der Waals surface area contributed by atoms with Gasteiger partial charge in [-0.25, -0.2) is 0 Å². The Morgan fingerprint density at radius 3 is 2.27 bits per heavy atom. The number of hydrogen-bond acceptors (Lipinski definition) is 3. The zero-order valence-corrected chi connectivity index (χ0v) is 9.50. The lowest BCUT2D eigenvalue weighted by Crippen LogP contribution is -1.99. The number of benzene rings is 1. The van der Waals surface area contributed by atoms with E-state index in [9.17, 15) is 0 Å². The molecular weight excluding hydrogens is 190 g/mol. The first-order chi connectivity index (χ1) is 7.15. The number of nitrogens with zero attached hydrogens (tertiary/aromatic N) is 1. The minimum atomic E-state index is 0.291. The summed E-state index contributed by atoms with van der Waals surface area (Å²) in [7, 11) is 3.11. The zero-order chi connectivity index (χ0) is 11.4. The van der Waals surface area contributed by atoms with Crippen LogP contribution in [0.4, 0.5) is 0 Å². The Balaban J connectivity index is 3.43. The van der Waals surface area contributed by atoms with Gasteiger partial charge in [0.2, 0.25) is 0 Å². The Hall–Kier alpha value is -1.69. The maximum Gasteiger partial charge on any atom is 0.178 e. The summed E-state index contributed by atoms with van der Waals surface area (Å²) in [6, 6.07) is 5.90. The number of hydrogen-bond donors (Lipinski definition) is 0. The molecule has 0 unspecified atom stereocenters. The molecule has 0 atom stereocenters. The summed E-state index contributed by atoms with van der Waals surface area (Å²) in [6.07, 6.45) is 0. The van der Waals surface area contributed by atoms with Crippen molar-refractivity contribution in [3.63, 3.8) is 0 Å². The number of ether oxygens (including phenoxy) is 2. The molecule has 80 valence electrons. The van der Waals surface area contributed by atoms with Crippen molar-refractivity contribution in [2.24, 2.45) is 0 Å². The summed E-state index contributed by atoms with van der Waals surface area (Å²) in [4.78, 5) is 0. The van der Waals surface area contributed by atoms with Gasteiger partial charge in [-0.15, -0.1) is 0 Å². The fourth-order valence-corrected chi connectivity index (χ4v) is 1.54. The molecular formula is C12H15NO2. The molecule has 0 heterocycles. The van der Waals surface area contributed by atoms with Gasteiger partial charge in [-0.1, -0.05) is 19.9 Å². The predicted octanol–water partition coefficient (Wildman–Crippen LogP) is 2.70. The first kappa shape index (κ1) is 11.4. The maximum atomic E-state index is 9.11. The molecule has 1 aromatic rings. The predicted molar refractivity (Wildman–Crippen MR) is 58.4 cm³/mol. The molecule has 0 saturated carbocycles. The van der Waals surface area contributed by atoms with Gasteiger partial charge in [0.05, 0.1) is 14.2 Å². The van der Waals surface area contributed by atoms with Crippen LogP contribution in [-0.2, 0) is 0 Å². The van der Waals surface area contributed by atoms with Gasteiger partial charge in [-0.3, -0.25) is 0 Å². The van der Waals surface area contributed by atoms with E-state index in [0.717, 1.165) is 5.56 Å². The van der Waals surface area contributed by atoms with E-state index in [-0.39, 0.29) is 0 Å². The number of nitriles is 1. The fraction of sp³-hybridized carbons (Fsp3) is 0.417. The standard InChI is InChI=1S/C12H15NO2/c1-8(2)9-5-6-11(14-3)12(15-4)10(9)7-13/h5-6,8H,1-4H3. The van der Waals surface area contributed by atoms with Gasteiger partial charge in [-0.05, 0) is 17.5 Å². The fourth-order valence-electron chi connectivity index (χ4n) is 1.54. The highest BCUT2D eigenvalue weighted by molar-refractivity contribution is 5.57. The minimum Gasteiger partial charge on any atom is -0.493 e. The van der Waals surface area contributed by atoms with Gasteiger partial charge in [0.1, 0.15) is 11.6 Å². The van der Waals surface area contributed by atoms with Crippen LogP contribution in [0.1, 0.15) is 30.9 Å². The molecule has 0 N–H and O–H groups in total. The molecule has 1 aromatic carbocycles. The highest BCUT2D eigenvalue weighted by Gasteiger charge is 2.16. The van der Waals surface area contributed by atoms with Crippen LogP contribution < -0.4 is 9.47 Å². The smallest absolute Gasteiger partial charge is 0.178 e. The summed E-state index contributed by atoms with van der Waals surface area (Å²) in [5.74, 6) is 1.41. The van der Waals surface area contributed by atoms with Crippen LogP contribution >= 0.6 is 0 Å². The third-order valence-electron chi connectivity index (χ3n) is 2.31. The number of methoxy groups -OCH3 is 2. The average Bonchev–Trinajstić information content (AvgIpc) is 2.26. The van der Waals surface area contributed by atoms with E-state index < -0.39 is 0 Å². The first-order valence-corrected chi connectivity index (χ1v) is 4.80. The van der Waals surface area contributed by atoms with Gasteiger partial charge in [0.15, 0.2) is 11.5 Å². The summed E-state index contributed by atoms with van der Waals surface area (Å²) >= 11 is 0. The molecule has 0 aliphatic rings. The van der Waals surface area contributed by atoms with Crippen molar-refractivity contribution in [2.45, 2.75) is 19.8 Å². The summed E-state index contributed by atoms with van der Waals surface area (Å²) < 4.78 is 10.3. The summed E-state index contributed by atoms with van der Waals surface area (Å²) in [5.41, 5.74) is 1.54. The van der Waals surface area contributed by atoms with E-state index in [1.54, 1.807) is 14.2 Å². The van der Waals surface area contributed by atoms with Crippen molar-refractivity contribution < 1.29 is 9.47 Å². The van der Waals surface area contributed by atoms with Gasteiger partial charge in [-0.2, -0.15) is 5.26 Å². The van der Waals surface area contributed by atoms with Gasteiger partial charge in [0.25, 0.3) is 0 Å². The van der Waals surface area contributed by atoms with E-state index in [0.29, 0.717) is 23.0 Å². The molecule has 3 heteroatoms. The van der Waals surface area contributed by atoms with Crippen LogP contribution in [0.5, 0.6) is 11.5 Å². The second kappa shape index (κ2) is 4.70. The SMILES string of the molecule is COc1ccc(C(C)C)c(C#N)c1OC. The molecule has 15 heavy (non-hydrogen) atoms. The maximum absolute atomic E-state index is 9.11. The Bertz CT molecular complexity index is 391. The molecule has 0 fully saturated rings. The van der Waals surface area contributed by atoms with Crippen LogP contribution in [0.3, 0.4) is 0 Å². The number of rotatable bonds is 3. The monoisotopic (exact) mass is 205 g/mol. The van der Waals surface area contributed by atoms with Gasteiger partial charge >= 0.3 is 0 Å². The van der Waals surface area contributed by atoms with Crippen molar-refractivity contribution in [2.75, 3.05) is 14.2 Å². The normalized spacial score (nSPS) is 9.87.